The molecule has 1 heterocycles. The van der Waals surface area contributed by atoms with Gasteiger partial charge in [0.15, 0.2) is 0 Å². The van der Waals surface area contributed by atoms with Crippen LogP contribution in [0, 0.1) is 5.41 Å². The molecule has 1 atom stereocenters. The summed E-state index contributed by atoms with van der Waals surface area (Å²) >= 11 is 5.23. The normalized spacial score (nSPS) is 16.1. The summed E-state index contributed by atoms with van der Waals surface area (Å²) in [6, 6.07) is 6.09. The highest BCUT2D eigenvalue weighted by molar-refractivity contribution is 6.66. The molecule has 0 fully saturated rings. The van der Waals surface area contributed by atoms with Crippen LogP contribution in [-0.4, -0.2) is 47.5 Å². The molecule has 0 bridgehead atoms. The van der Waals surface area contributed by atoms with Crippen molar-refractivity contribution in [2.75, 3.05) is 13.2 Å². The molecule has 9 heteroatoms. The fourth-order valence-corrected chi connectivity index (χ4v) is 2.68. The van der Waals surface area contributed by atoms with Crippen molar-refractivity contribution in [2.24, 2.45) is 5.41 Å². The molecule has 26 heavy (non-hydrogen) atoms. The van der Waals surface area contributed by atoms with Crippen LogP contribution in [0.1, 0.15) is 27.6 Å². The smallest absolute Gasteiger partial charge is 0.330 e. The van der Waals surface area contributed by atoms with Gasteiger partial charge in [-0.2, -0.15) is 0 Å². The van der Waals surface area contributed by atoms with Gasteiger partial charge in [0.1, 0.15) is 0 Å². The highest BCUT2D eigenvalue weighted by atomic mass is 35.5. The predicted octanol–water partition coefficient (Wildman–Crippen LogP) is 2.42. The van der Waals surface area contributed by atoms with Gasteiger partial charge in [-0.25, -0.2) is 8.78 Å². The summed E-state index contributed by atoms with van der Waals surface area (Å²) in [5.41, 5.74) is -2.63. The summed E-state index contributed by atoms with van der Waals surface area (Å²) in [7, 11) is 0. The third-order valence-corrected chi connectivity index (χ3v) is 4.14. The number of halogens is 3. The number of nitrogens with zero attached hydrogens (tertiary/aromatic N) is 1. The largest absolute Gasteiger partial charge is 0.465 e. The van der Waals surface area contributed by atoms with Crippen LogP contribution in [0.15, 0.2) is 36.4 Å². The average molecular weight is 386 g/mol. The zero-order valence-electron chi connectivity index (χ0n) is 13.6. The second-order valence-electron chi connectivity index (χ2n) is 5.33. The van der Waals surface area contributed by atoms with Crippen molar-refractivity contribution in [3.8, 4) is 0 Å². The van der Waals surface area contributed by atoms with Crippen molar-refractivity contribution in [1.29, 1.82) is 0 Å². The van der Waals surface area contributed by atoms with Gasteiger partial charge >= 0.3 is 5.97 Å². The molecule has 1 aromatic carbocycles. The molecule has 0 spiro atoms. The number of rotatable bonds is 7. The van der Waals surface area contributed by atoms with Crippen LogP contribution in [0.4, 0.5) is 8.78 Å². The molecule has 0 N–H and O–H groups in total. The van der Waals surface area contributed by atoms with Gasteiger partial charge in [0.2, 0.25) is 10.7 Å². The maximum absolute atomic E-state index is 13.4. The van der Waals surface area contributed by atoms with Crippen LogP contribution in [0.2, 0.25) is 0 Å². The van der Waals surface area contributed by atoms with Crippen molar-refractivity contribution in [3.05, 3.63) is 47.5 Å². The number of hydrogen-bond donors (Lipinski definition) is 0. The van der Waals surface area contributed by atoms with Crippen LogP contribution in [0.5, 0.6) is 0 Å². The van der Waals surface area contributed by atoms with E-state index < -0.39 is 41.4 Å². The Morgan fingerprint density at radius 2 is 1.77 bits per heavy atom. The molecule has 1 aliphatic heterocycles. The van der Waals surface area contributed by atoms with E-state index in [-0.39, 0.29) is 17.7 Å². The maximum Gasteiger partial charge on any atom is 0.330 e. The quantitative estimate of drug-likeness (QED) is 0.237. The summed E-state index contributed by atoms with van der Waals surface area (Å²) in [6.07, 6.45) is -1.94. The SMILES string of the molecule is CCOC(=O)C(/C=C/CN1C(=O)c2ccccc2C1=O)(C(=O)Cl)C(F)F. The first kappa shape index (κ1) is 19.7. The first-order valence-corrected chi connectivity index (χ1v) is 7.93. The highest BCUT2D eigenvalue weighted by Gasteiger charge is 2.53. The number of alkyl halides is 2. The zero-order chi connectivity index (χ0) is 19.5. The van der Waals surface area contributed by atoms with Gasteiger partial charge in [-0.1, -0.05) is 24.3 Å². The number of ether oxygens (including phenoxy) is 1. The number of esters is 1. The standard InChI is InChI=1S/C17H14ClF2NO5/c1-2-26-16(25)17(14(18)24,15(19)20)8-5-9-21-12(22)10-6-3-4-7-11(10)13(21)23/h3-8,15H,2,9H2,1H3/b8-5+. The van der Waals surface area contributed by atoms with E-state index in [0.29, 0.717) is 6.08 Å². The number of fused-ring (bicyclic) bond motifs is 1. The summed E-state index contributed by atoms with van der Waals surface area (Å²) in [4.78, 5) is 48.6. The fraction of sp³-hybridized carbons (Fsp3) is 0.294. The Labute approximate surface area is 152 Å². The molecule has 2 rings (SSSR count). The second-order valence-corrected chi connectivity index (χ2v) is 5.68. The Bertz CT molecular complexity index is 760. The number of carbonyl (C=O) groups is 4. The fourth-order valence-electron chi connectivity index (χ4n) is 2.46. The van der Waals surface area contributed by atoms with Gasteiger partial charge in [-0.05, 0) is 30.7 Å². The lowest BCUT2D eigenvalue weighted by atomic mass is 9.89. The van der Waals surface area contributed by atoms with E-state index in [1.54, 1.807) is 12.1 Å². The molecule has 1 aromatic rings. The molecule has 2 amide bonds. The van der Waals surface area contributed by atoms with E-state index in [2.05, 4.69) is 4.74 Å². The summed E-state index contributed by atoms with van der Waals surface area (Å²) in [5, 5.41) is -1.62. The van der Waals surface area contributed by atoms with Crippen molar-refractivity contribution < 1.29 is 32.7 Å². The molecule has 1 unspecified atom stereocenters. The molecule has 138 valence electrons. The Hall–Kier alpha value is -2.61. The maximum atomic E-state index is 13.4. The molecule has 1 aliphatic rings. The van der Waals surface area contributed by atoms with Crippen LogP contribution >= 0.6 is 11.6 Å². The molecule has 6 nitrogen and oxygen atoms in total. The van der Waals surface area contributed by atoms with Crippen molar-refractivity contribution >= 4 is 34.6 Å². The van der Waals surface area contributed by atoms with E-state index in [9.17, 15) is 28.0 Å². The van der Waals surface area contributed by atoms with Crippen molar-refractivity contribution in [2.45, 2.75) is 13.3 Å². The summed E-state index contributed by atoms with van der Waals surface area (Å²) in [6.45, 7) is 0.740. The molecule has 0 aromatic heterocycles. The first-order valence-electron chi connectivity index (χ1n) is 7.55. The lowest BCUT2D eigenvalue weighted by Crippen LogP contribution is -2.43. The van der Waals surface area contributed by atoms with Crippen molar-refractivity contribution in [1.82, 2.24) is 4.90 Å². The Kier molecular flexibility index (Phi) is 5.86. The van der Waals surface area contributed by atoms with E-state index in [1.165, 1.54) is 19.1 Å². The van der Waals surface area contributed by atoms with E-state index in [4.69, 9.17) is 11.6 Å². The van der Waals surface area contributed by atoms with Gasteiger partial charge in [-0.15, -0.1) is 0 Å². The Balaban J connectivity index is 2.27. The second kappa shape index (κ2) is 7.74. The number of hydrogen-bond acceptors (Lipinski definition) is 5. The van der Waals surface area contributed by atoms with Gasteiger partial charge in [0.25, 0.3) is 18.2 Å². The third-order valence-electron chi connectivity index (χ3n) is 3.83. The lowest BCUT2D eigenvalue weighted by Gasteiger charge is -2.23. The van der Waals surface area contributed by atoms with E-state index >= 15 is 0 Å². The summed E-state index contributed by atoms with van der Waals surface area (Å²) in [5.74, 6) is -2.72. The van der Waals surface area contributed by atoms with Crippen LogP contribution in [0.25, 0.3) is 0 Å². The topological polar surface area (TPSA) is 80.8 Å². The van der Waals surface area contributed by atoms with E-state index in [1.807, 2.05) is 0 Å². The van der Waals surface area contributed by atoms with E-state index in [0.717, 1.165) is 11.0 Å². The number of imide groups is 1. The van der Waals surface area contributed by atoms with Gasteiger partial charge in [0.05, 0.1) is 17.7 Å². The summed E-state index contributed by atoms with van der Waals surface area (Å²) < 4.78 is 31.4. The van der Waals surface area contributed by atoms with Crippen LogP contribution < -0.4 is 0 Å². The Morgan fingerprint density at radius 3 is 2.19 bits per heavy atom. The van der Waals surface area contributed by atoms with Gasteiger partial charge < -0.3 is 4.74 Å². The van der Waals surface area contributed by atoms with Gasteiger partial charge in [-0.3, -0.25) is 24.1 Å². The minimum absolute atomic E-state index is 0.185. The lowest BCUT2D eigenvalue weighted by molar-refractivity contribution is -0.163. The molecular formula is C17H14ClF2NO5. The molecule has 0 saturated carbocycles. The molecule has 0 aliphatic carbocycles. The van der Waals surface area contributed by atoms with Crippen LogP contribution in [-0.2, 0) is 14.3 Å². The number of benzene rings is 1. The number of amides is 2. The highest BCUT2D eigenvalue weighted by Crippen LogP contribution is 2.33. The van der Waals surface area contributed by atoms with Gasteiger partial charge in [0, 0.05) is 6.54 Å². The number of carbonyl (C=O) groups excluding carboxylic acids is 4. The Morgan fingerprint density at radius 1 is 1.23 bits per heavy atom. The average Bonchev–Trinajstić information content (AvgIpc) is 2.83. The molecule has 0 radical (unpaired) electrons. The molecule has 0 saturated heterocycles. The minimum atomic E-state index is -3.47. The third kappa shape index (κ3) is 3.24. The first-order chi connectivity index (χ1) is 12.3. The van der Waals surface area contributed by atoms with Crippen LogP contribution in [0.3, 0.4) is 0 Å². The minimum Gasteiger partial charge on any atom is -0.465 e. The molecular weight excluding hydrogens is 372 g/mol. The predicted molar refractivity (Wildman–Crippen MR) is 86.9 cm³/mol. The monoisotopic (exact) mass is 385 g/mol. The van der Waals surface area contributed by atoms with Crippen molar-refractivity contribution in [3.63, 3.8) is 0 Å². The zero-order valence-corrected chi connectivity index (χ0v) is 14.3.